The number of benzene rings is 1. The van der Waals surface area contributed by atoms with Crippen LogP contribution < -0.4 is 10.1 Å². The molecule has 160 valence electrons. The van der Waals surface area contributed by atoms with Gasteiger partial charge in [-0.25, -0.2) is 13.4 Å². The number of nitrogens with one attached hydrogen (secondary N) is 1. The van der Waals surface area contributed by atoms with Crippen molar-refractivity contribution < 1.29 is 17.9 Å². The van der Waals surface area contributed by atoms with Crippen LogP contribution in [0.4, 0.5) is 0 Å². The molecule has 3 aromatic rings. The zero-order valence-corrected chi connectivity index (χ0v) is 19.0. The molecule has 2 aromatic heterocycles. The van der Waals surface area contributed by atoms with Crippen LogP contribution in [0.25, 0.3) is 20.3 Å². The highest BCUT2D eigenvalue weighted by atomic mass is 32.2. The molecule has 2 aliphatic rings. The van der Waals surface area contributed by atoms with E-state index < -0.39 is 9.84 Å². The summed E-state index contributed by atoms with van der Waals surface area (Å²) in [6, 6.07) is 3.41. The molecule has 2 fully saturated rings. The second kappa shape index (κ2) is 7.74. The summed E-state index contributed by atoms with van der Waals surface area (Å²) < 4.78 is 32.4. The number of fused-ring (bicyclic) bond motifs is 3. The van der Waals surface area contributed by atoms with Crippen LogP contribution in [0, 0.1) is 6.92 Å². The lowest BCUT2D eigenvalue weighted by Crippen LogP contribution is -2.51. The maximum absolute atomic E-state index is 12.6. The van der Waals surface area contributed by atoms with Gasteiger partial charge in [-0.1, -0.05) is 0 Å². The quantitative estimate of drug-likeness (QED) is 0.623. The van der Waals surface area contributed by atoms with Crippen LogP contribution in [-0.4, -0.2) is 67.5 Å². The number of aromatic nitrogens is 1. The number of likely N-dealkylation sites (tertiary alicyclic amines) is 1. The summed E-state index contributed by atoms with van der Waals surface area (Å²) in [5.41, 5.74) is 0.976. The van der Waals surface area contributed by atoms with Gasteiger partial charge in [-0.2, -0.15) is 0 Å². The number of nitrogens with zero attached hydrogens (tertiary/aromatic N) is 2. The Bertz CT molecular complexity index is 1210. The van der Waals surface area contributed by atoms with Crippen molar-refractivity contribution in [3.8, 4) is 5.75 Å². The van der Waals surface area contributed by atoms with Crippen LogP contribution in [0.3, 0.4) is 0 Å². The molecule has 2 atom stereocenters. The number of thiophene rings is 1. The molecule has 5 rings (SSSR count). The Hall–Kier alpha value is -1.75. The summed E-state index contributed by atoms with van der Waals surface area (Å²) in [7, 11) is -3.14. The van der Waals surface area contributed by atoms with Gasteiger partial charge in [0.25, 0.3) is 5.91 Å². The minimum atomic E-state index is -3.14. The van der Waals surface area contributed by atoms with Crippen molar-refractivity contribution in [3.05, 3.63) is 22.5 Å². The van der Waals surface area contributed by atoms with Crippen molar-refractivity contribution in [1.82, 2.24) is 15.2 Å². The van der Waals surface area contributed by atoms with Gasteiger partial charge in [0.1, 0.15) is 5.75 Å². The molecule has 10 heteroatoms. The first-order chi connectivity index (χ1) is 14.4. The van der Waals surface area contributed by atoms with Crippen molar-refractivity contribution in [1.29, 1.82) is 0 Å². The molecule has 0 radical (unpaired) electrons. The first-order valence-electron chi connectivity index (χ1n) is 10.0. The molecule has 2 unspecified atom stereocenters. The van der Waals surface area contributed by atoms with E-state index in [1.807, 2.05) is 24.4 Å². The van der Waals surface area contributed by atoms with Gasteiger partial charge in [0, 0.05) is 17.5 Å². The Morgan fingerprint density at radius 3 is 2.93 bits per heavy atom. The fraction of sp³-hybridized carbons (Fsp3) is 0.500. The number of amides is 1. The fourth-order valence-corrected chi connectivity index (χ4v) is 8.28. The van der Waals surface area contributed by atoms with E-state index in [9.17, 15) is 13.2 Å². The summed E-state index contributed by atoms with van der Waals surface area (Å²) in [6.45, 7) is 3.63. The van der Waals surface area contributed by atoms with Crippen LogP contribution in [0.2, 0.25) is 0 Å². The van der Waals surface area contributed by atoms with E-state index in [1.54, 1.807) is 22.7 Å². The zero-order valence-electron chi connectivity index (χ0n) is 16.6. The Balaban J connectivity index is 1.30. The molecule has 1 N–H and O–H groups in total. The van der Waals surface area contributed by atoms with Gasteiger partial charge in [-0.15, -0.1) is 22.7 Å². The number of carbonyl (C=O) groups is 1. The highest BCUT2D eigenvalue weighted by Gasteiger charge is 2.42. The molecule has 0 spiro atoms. The van der Waals surface area contributed by atoms with Gasteiger partial charge in [0.05, 0.1) is 37.5 Å². The summed E-state index contributed by atoms with van der Waals surface area (Å²) in [5.74, 6) is 0.495. The Labute approximate surface area is 183 Å². The van der Waals surface area contributed by atoms with E-state index in [4.69, 9.17) is 4.74 Å². The topological polar surface area (TPSA) is 88.6 Å². The normalized spacial score (nSPS) is 24.0. The SMILES string of the molecule is Cc1nc2c(cc(OCC(=O)NC3CS(=O)(=O)CC3N3CCCC3)c3ccsc32)s1. The molecular weight excluding hydrogens is 442 g/mol. The van der Waals surface area contributed by atoms with Gasteiger partial charge >= 0.3 is 0 Å². The van der Waals surface area contributed by atoms with Crippen molar-refractivity contribution in [2.24, 2.45) is 0 Å². The molecule has 0 bridgehead atoms. The third-order valence-electron chi connectivity index (χ3n) is 5.81. The van der Waals surface area contributed by atoms with Gasteiger partial charge in [-0.05, 0) is 44.3 Å². The number of rotatable bonds is 5. The number of aryl methyl sites for hydroxylation is 1. The lowest BCUT2D eigenvalue weighted by molar-refractivity contribution is -0.124. The first-order valence-corrected chi connectivity index (χ1v) is 13.6. The summed E-state index contributed by atoms with van der Waals surface area (Å²) in [5, 5.41) is 6.86. The molecule has 1 aromatic carbocycles. The number of carbonyl (C=O) groups excluding carboxylic acids is 1. The van der Waals surface area contributed by atoms with E-state index in [2.05, 4.69) is 15.2 Å². The number of sulfone groups is 1. The maximum Gasteiger partial charge on any atom is 0.258 e. The van der Waals surface area contributed by atoms with Crippen LogP contribution in [0.15, 0.2) is 17.5 Å². The molecule has 1 amide bonds. The Morgan fingerprint density at radius 1 is 1.33 bits per heavy atom. The highest BCUT2D eigenvalue weighted by Crippen LogP contribution is 2.38. The number of hydrogen-bond donors (Lipinski definition) is 1. The molecule has 2 saturated heterocycles. The third-order valence-corrected chi connectivity index (χ3v) is 9.36. The molecular formula is C20H23N3O4S3. The molecule has 30 heavy (non-hydrogen) atoms. The minimum absolute atomic E-state index is 0.000777. The van der Waals surface area contributed by atoms with Gasteiger partial charge in [0.15, 0.2) is 16.4 Å². The van der Waals surface area contributed by atoms with Crippen LogP contribution in [0.5, 0.6) is 5.75 Å². The monoisotopic (exact) mass is 465 g/mol. The standard InChI is InChI=1S/C20H23N3O4S3/c1-12-21-19-17(29-12)8-16(13-4-7-28-20(13)19)27-9-18(24)22-14-10-30(25,26)11-15(14)23-5-2-3-6-23/h4,7-8,14-15H,2-3,5-6,9-11H2,1H3,(H,22,24). The van der Waals surface area contributed by atoms with E-state index in [0.717, 1.165) is 51.2 Å². The predicted molar refractivity (Wildman–Crippen MR) is 120 cm³/mol. The maximum atomic E-state index is 12.6. The van der Waals surface area contributed by atoms with Gasteiger partial charge < -0.3 is 10.1 Å². The summed E-state index contributed by atoms with van der Waals surface area (Å²) in [6.07, 6.45) is 2.16. The third kappa shape index (κ3) is 3.81. The van der Waals surface area contributed by atoms with Crippen molar-refractivity contribution in [2.45, 2.75) is 31.8 Å². The second-order valence-corrected chi connectivity index (χ2v) is 12.3. The van der Waals surface area contributed by atoms with Crippen molar-refractivity contribution in [3.63, 3.8) is 0 Å². The van der Waals surface area contributed by atoms with Crippen LogP contribution in [-0.2, 0) is 14.6 Å². The fourth-order valence-electron chi connectivity index (χ4n) is 4.50. The molecule has 4 heterocycles. The van der Waals surface area contributed by atoms with Crippen molar-refractivity contribution >= 4 is 58.7 Å². The lowest BCUT2D eigenvalue weighted by Gasteiger charge is -2.28. The van der Waals surface area contributed by atoms with E-state index in [-0.39, 0.29) is 36.1 Å². The van der Waals surface area contributed by atoms with E-state index in [0.29, 0.717) is 5.75 Å². The van der Waals surface area contributed by atoms with Gasteiger partial charge in [0.2, 0.25) is 0 Å². The van der Waals surface area contributed by atoms with Gasteiger partial charge in [-0.3, -0.25) is 9.69 Å². The van der Waals surface area contributed by atoms with Crippen LogP contribution >= 0.6 is 22.7 Å². The largest absolute Gasteiger partial charge is 0.483 e. The molecule has 2 aliphatic heterocycles. The minimum Gasteiger partial charge on any atom is -0.483 e. The lowest BCUT2D eigenvalue weighted by atomic mass is 10.1. The molecule has 0 saturated carbocycles. The number of thiazole rings is 1. The Kier molecular flexibility index (Phi) is 5.20. The van der Waals surface area contributed by atoms with E-state index in [1.165, 1.54) is 0 Å². The predicted octanol–water partition coefficient (Wildman–Crippen LogP) is 2.58. The first kappa shape index (κ1) is 20.2. The molecule has 0 aliphatic carbocycles. The molecule has 7 nitrogen and oxygen atoms in total. The average molecular weight is 466 g/mol. The second-order valence-electron chi connectivity index (χ2n) is 7.97. The number of ether oxygens (including phenoxy) is 1. The number of hydrogen-bond acceptors (Lipinski definition) is 8. The van der Waals surface area contributed by atoms with Crippen LogP contribution in [0.1, 0.15) is 17.8 Å². The van der Waals surface area contributed by atoms with E-state index >= 15 is 0 Å². The summed E-state index contributed by atoms with van der Waals surface area (Å²) >= 11 is 3.21. The highest BCUT2D eigenvalue weighted by molar-refractivity contribution is 7.91. The van der Waals surface area contributed by atoms with Crippen molar-refractivity contribution in [2.75, 3.05) is 31.2 Å². The Morgan fingerprint density at radius 2 is 2.13 bits per heavy atom. The summed E-state index contributed by atoms with van der Waals surface area (Å²) in [4.78, 5) is 19.4. The smallest absolute Gasteiger partial charge is 0.258 e. The zero-order chi connectivity index (χ0) is 20.9. The average Bonchev–Trinajstić information content (AvgIpc) is 3.44.